The summed E-state index contributed by atoms with van der Waals surface area (Å²) in [6, 6.07) is 7.85. The normalized spacial score (nSPS) is 10.2. The van der Waals surface area contributed by atoms with E-state index in [2.05, 4.69) is 15.3 Å². The van der Waals surface area contributed by atoms with Crippen molar-refractivity contribution in [3.8, 4) is 0 Å². The molecule has 3 nitrogen and oxygen atoms in total. The molecule has 0 aliphatic heterocycles. The number of benzene rings is 1. The molecule has 1 N–H and O–H groups in total. The SMILES string of the molecule is Cc1cc(Nc2cccc(F)c2)nc(Cl)n1. The lowest BCUT2D eigenvalue weighted by Gasteiger charge is -2.06. The summed E-state index contributed by atoms with van der Waals surface area (Å²) in [5, 5.41) is 3.12. The number of nitrogens with zero attached hydrogens (tertiary/aromatic N) is 2. The highest BCUT2D eigenvalue weighted by Gasteiger charge is 2.01. The van der Waals surface area contributed by atoms with Crippen LogP contribution in [-0.2, 0) is 0 Å². The quantitative estimate of drug-likeness (QED) is 0.815. The molecule has 0 radical (unpaired) electrons. The number of rotatable bonds is 2. The van der Waals surface area contributed by atoms with Crippen LogP contribution < -0.4 is 5.32 Å². The van der Waals surface area contributed by atoms with Gasteiger partial charge in [0, 0.05) is 17.4 Å². The van der Waals surface area contributed by atoms with Crippen molar-refractivity contribution < 1.29 is 4.39 Å². The molecule has 0 spiro atoms. The van der Waals surface area contributed by atoms with Crippen LogP contribution in [0, 0.1) is 12.7 Å². The zero-order valence-corrected chi connectivity index (χ0v) is 9.29. The first kappa shape index (κ1) is 10.8. The molecule has 0 bridgehead atoms. The maximum atomic E-state index is 12.9. The fraction of sp³-hybridized carbons (Fsp3) is 0.0909. The van der Waals surface area contributed by atoms with E-state index in [1.54, 1.807) is 18.2 Å². The van der Waals surface area contributed by atoms with Crippen molar-refractivity contribution >= 4 is 23.1 Å². The minimum atomic E-state index is -0.304. The molecular weight excluding hydrogens is 229 g/mol. The van der Waals surface area contributed by atoms with Crippen LogP contribution in [-0.4, -0.2) is 9.97 Å². The van der Waals surface area contributed by atoms with Gasteiger partial charge in [-0.3, -0.25) is 0 Å². The van der Waals surface area contributed by atoms with Crippen LogP contribution >= 0.6 is 11.6 Å². The van der Waals surface area contributed by atoms with Crippen LogP contribution in [0.25, 0.3) is 0 Å². The standard InChI is InChI=1S/C11H9ClFN3/c1-7-5-10(16-11(12)14-7)15-9-4-2-3-8(13)6-9/h2-6H,1H3,(H,14,15,16). The Kier molecular flexibility index (Phi) is 3.01. The van der Waals surface area contributed by atoms with E-state index >= 15 is 0 Å². The van der Waals surface area contributed by atoms with Gasteiger partial charge in [-0.05, 0) is 36.7 Å². The molecule has 1 aromatic heterocycles. The summed E-state index contributed by atoms with van der Waals surface area (Å²) >= 11 is 5.71. The van der Waals surface area contributed by atoms with Gasteiger partial charge in [0.05, 0.1) is 0 Å². The molecule has 1 aromatic carbocycles. The van der Waals surface area contributed by atoms with E-state index in [1.807, 2.05) is 6.92 Å². The summed E-state index contributed by atoms with van der Waals surface area (Å²) in [6.07, 6.45) is 0. The number of halogens is 2. The third-order valence-corrected chi connectivity index (χ3v) is 2.09. The van der Waals surface area contributed by atoms with Crippen LogP contribution in [0.1, 0.15) is 5.69 Å². The molecule has 0 fully saturated rings. The summed E-state index contributed by atoms with van der Waals surface area (Å²) in [5.74, 6) is 0.241. The second-order valence-electron chi connectivity index (χ2n) is 3.30. The summed E-state index contributed by atoms with van der Waals surface area (Å²) < 4.78 is 12.9. The van der Waals surface area contributed by atoms with Gasteiger partial charge in [0.25, 0.3) is 0 Å². The van der Waals surface area contributed by atoms with Crippen molar-refractivity contribution in [1.82, 2.24) is 9.97 Å². The predicted molar refractivity (Wildman–Crippen MR) is 61.5 cm³/mol. The van der Waals surface area contributed by atoms with Crippen molar-refractivity contribution in [3.63, 3.8) is 0 Å². The lowest BCUT2D eigenvalue weighted by molar-refractivity contribution is 0.628. The minimum Gasteiger partial charge on any atom is -0.340 e. The first-order chi connectivity index (χ1) is 7.63. The molecule has 0 aliphatic rings. The second-order valence-corrected chi connectivity index (χ2v) is 3.64. The maximum Gasteiger partial charge on any atom is 0.224 e. The van der Waals surface area contributed by atoms with E-state index in [-0.39, 0.29) is 11.1 Å². The Labute approximate surface area is 97.3 Å². The third kappa shape index (κ3) is 2.67. The smallest absolute Gasteiger partial charge is 0.224 e. The second kappa shape index (κ2) is 4.45. The Balaban J connectivity index is 2.27. The van der Waals surface area contributed by atoms with Gasteiger partial charge in [-0.1, -0.05) is 6.07 Å². The number of aromatic nitrogens is 2. The highest BCUT2D eigenvalue weighted by molar-refractivity contribution is 6.28. The Hall–Kier alpha value is -1.68. The van der Waals surface area contributed by atoms with Gasteiger partial charge in [-0.25, -0.2) is 14.4 Å². The molecule has 0 atom stereocenters. The number of hydrogen-bond acceptors (Lipinski definition) is 3. The van der Waals surface area contributed by atoms with Crippen molar-refractivity contribution in [2.45, 2.75) is 6.92 Å². The highest BCUT2D eigenvalue weighted by atomic mass is 35.5. The number of anilines is 2. The molecule has 5 heteroatoms. The molecule has 1 heterocycles. The Morgan fingerprint density at radius 3 is 2.75 bits per heavy atom. The van der Waals surface area contributed by atoms with E-state index in [1.165, 1.54) is 12.1 Å². The van der Waals surface area contributed by atoms with Crippen LogP contribution in [0.2, 0.25) is 5.28 Å². The molecule has 0 unspecified atom stereocenters. The van der Waals surface area contributed by atoms with Gasteiger partial charge >= 0.3 is 0 Å². The zero-order chi connectivity index (χ0) is 11.5. The molecule has 16 heavy (non-hydrogen) atoms. The van der Waals surface area contributed by atoms with Gasteiger partial charge in [0.1, 0.15) is 11.6 Å². The molecular formula is C11H9ClFN3. The van der Waals surface area contributed by atoms with Gasteiger partial charge in [0.2, 0.25) is 5.28 Å². The van der Waals surface area contributed by atoms with E-state index in [0.29, 0.717) is 11.5 Å². The van der Waals surface area contributed by atoms with Gasteiger partial charge in [-0.15, -0.1) is 0 Å². The summed E-state index contributed by atoms with van der Waals surface area (Å²) in [6.45, 7) is 1.81. The minimum absolute atomic E-state index is 0.166. The maximum absolute atomic E-state index is 12.9. The highest BCUT2D eigenvalue weighted by Crippen LogP contribution is 2.17. The summed E-state index contributed by atoms with van der Waals surface area (Å²) in [7, 11) is 0. The molecule has 0 aliphatic carbocycles. The Bertz CT molecular complexity index is 496. The van der Waals surface area contributed by atoms with Crippen molar-refractivity contribution in [2.24, 2.45) is 0 Å². The van der Waals surface area contributed by atoms with Crippen molar-refractivity contribution in [3.05, 3.63) is 47.1 Å². The number of hydrogen-bond donors (Lipinski definition) is 1. The molecule has 2 rings (SSSR count). The summed E-state index contributed by atoms with van der Waals surface area (Å²) in [5.41, 5.74) is 1.37. The predicted octanol–water partition coefficient (Wildman–Crippen LogP) is 3.32. The number of aryl methyl sites for hydroxylation is 1. The van der Waals surface area contributed by atoms with Crippen LogP contribution in [0.5, 0.6) is 0 Å². The van der Waals surface area contributed by atoms with E-state index < -0.39 is 0 Å². The monoisotopic (exact) mass is 237 g/mol. The summed E-state index contributed by atoms with van der Waals surface area (Å²) in [4.78, 5) is 7.91. The first-order valence-electron chi connectivity index (χ1n) is 4.67. The lowest BCUT2D eigenvalue weighted by atomic mass is 10.3. The fourth-order valence-electron chi connectivity index (χ4n) is 1.31. The average Bonchev–Trinajstić information content (AvgIpc) is 2.15. The van der Waals surface area contributed by atoms with Gasteiger partial charge in [0.15, 0.2) is 0 Å². The average molecular weight is 238 g/mol. The van der Waals surface area contributed by atoms with Crippen LogP contribution in [0.15, 0.2) is 30.3 Å². The first-order valence-corrected chi connectivity index (χ1v) is 5.05. The van der Waals surface area contributed by atoms with Crippen molar-refractivity contribution in [1.29, 1.82) is 0 Å². The van der Waals surface area contributed by atoms with Crippen molar-refractivity contribution in [2.75, 3.05) is 5.32 Å². The molecule has 0 saturated heterocycles. The molecule has 0 amide bonds. The Morgan fingerprint density at radius 2 is 2.06 bits per heavy atom. The largest absolute Gasteiger partial charge is 0.340 e. The molecule has 2 aromatic rings. The van der Waals surface area contributed by atoms with Crippen LogP contribution in [0.3, 0.4) is 0 Å². The topological polar surface area (TPSA) is 37.8 Å². The lowest BCUT2D eigenvalue weighted by Crippen LogP contribution is -1.96. The van der Waals surface area contributed by atoms with Crippen LogP contribution in [0.4, 0.5) is 15.9 Å². The Morgan fingerprint density at radius 1 is 1.25 bits per heavy atom. The van der Waals surface area contributed by atoms with Gasteiger partial charge < -0.3 is 5.32 Å². The molecule has 82 valence electrons. The zero-order valence-electron chi connectivity index (χ0n) is 8.54. The van der Waals surface area contributed by atoms with E-state index in [9.17, 15) is 4.39 Å². The third-order valence-electron chi connectivity index (χ3n) is 1.92. The molecule has 0 saturated carbocycles. The number of nitrogens with one attached hydrogen (secondary N) is 1. The van der Waals surface area contributed by atoms with Gasteiger partial charge in [-0.2, -0.15) is 0 Å². The van der Waals surface area contributed by atoms with E-state index in [4.69, 9.17) is 11.6 Å². The fourth-order valence-corrected chi connectivity index (χ4v) is 1.53. The van der Waals surface area contributed by atoms with E-state index in [0.717, 1.165) is 5.69 Å².